The van der Waals surface area contributed by atoms with Gasteiger partial charge in [-0.2, -0.15) is 0 Å². The Morgan fingerprint density at radius 1 is 1.29 bits per heavy atom. The molecule has 0 atom stereocenters. The van der Waals surface area contributed by atoms with Crippen LogP contribution < -0.4 is 5.32 Å². The van der Waals surface area contributed by atoms with Gasteiger partial charge in [-0.1, -0.05) is 0 Å². The van der Waals surface area contributed by atoms with Crippen molar-refractivity contribution in [2.75, 3.05) is 13.1 Å². The lowest BCUT2D eigenvalue weighted by molar-refractivity contribution is 0.467. The minimum absolute atomic E-state index is 0.382. The fourth-order valence-corrected chi connectivity index (χ4v) is 1.68. The van der Waals surface area contributed by atoms with E-state index in [0.717, 1.165) is 35.6 Å². The van der Waals surface area contributed by atoms with Crippen LogP contribution in [0.15, 0.2) is 17.1 Å². The molecule has 0 spiro atoms. The Morgan fingerprint density at radius 3 is 2.43 bits per heavy atom. The first-order chi connectivity index (χ1) is 6.68. The van der Waals surface area contributed by atoms with Crippen molar-refractivity contribution in [1.82, 2.24) is 5.32 Å². The number of benzene rings is 1. The average Bonchev–Trinajstić information content (AvgIpc) is 2.66. The van der Waals surface area contributed by atoms with Crippen LogP contribution in [0.25, 0.3) is 0 Å². The van der Waals surface area contributed by atoms with Crippen LogP contribution in [-0.2, 0) is 0 Å². The van der Waals surface area contributed by atoms with Crippen molar-refractivity contribution in [3.05, 3.63) is 28.8 Å². The zero-order valence-corrected chi connectivity index (χ0v) is 8.46. The Hall–Kier alpha value is -1.51. The van der Waals surface area contributed by atoms with Gasteiger partial charge in [-0.25, -0.2) is 0 Å². The highest BCUT2D eigenvalue weighted by atomic mass is 16.3. The predicted molar refractivity (Wildman–Crippen MR) is 57.0 cm³/mol. The van der Waals surface area contributed by atoms with E-state index in [4.69, 9.17) is 0 Å². The molecule has 1 heterocycles. The molecule has 0 aromatic heterocycles. The first-order valence-electron chi connectivity index (χ1n) is 4.77. The van der Waals surface area contributed by atoms with Crippen LogP contribution in [0.2, 0.25) is 0 Å². The summed E-state index contributed by atoms with van der Waals surface area (Å²) in [5.41, 5.74) is 2.86. The second-order valence-corrected chi connectivity index (χ2v) is 3.62. The topological polar surface area (TPSA) is 44.6 Å². The molecule has 0 saturated carbocycles. The molecule has 3 nitrogen and oxygen atoms in total. The van der Waals surface area contributed by atoms with Crippen molar-refractivity contribution >= 4 is 5.84 Å². The second-order valence-electron chi connectivity index (χ2n) is 3.62. The molecule has 0 fully saturated rings. The fourth-order valence-electron chi connectivity index (χ4n) is 1.68. The zero-order chi connectivity index (χ0) is 10.1. The molecule has 2 N–H and O–H groups in total. The van der Waals surface area contributed by atoms with Crippen LogP contribution in [0, 0.1) is 13.8 Å². The van der Waals surface area contributed by atoms with E-state index in [1.165, 1.54) is 0 Å². The molecule has 1 aliphatic heterocycles. The molecular formula is C11H14N2O. The molecule has 2 rings (SSSR count). The van der Waals surface area contributed by atoms with Crippen LogP contribution >= 0.6 is 0 Å². The molecule has 74 valence electrons. The van der Waals surface area contributed by atoms with E-state index in [1.807, 2.05) is 26.0 Å². The normalized spacial score (nSPS) is 15.1. The molecule has 1 aromatic rings. The highest BCUT2D eigenvalue weighted by Crippen LogP contribution is 2.23. The SMILES string of the molecule is Cc1cc(C2=NCCN2)cc(C)c1O. The number of amidine groups is 1. The number of nitrogens with one attached hydrogen (secondary N) is 1. The number of phenols is 1. The molecule has 0 unspecified atom stereocenters. The summed E-state index contributed by atoms with van der Waals surface area (Å²) >= 11 is 0. The van der Waals surface area contributed by atoms with Crippen molar-refractivity contribution in [3.63, 3.8) is 0 Å². The lowest BCUT2D eigenvalue weighted by Gasteiger charge is -2.08. The van der Waals surface area contributed by atoms with Crippen molar-refractivity contribution in [1.29, 1.82) is 0 Å². The van der Waals surface area contributed by atoms with Crippen LogP contribution in [0.5, 0.6) is 5.75 Å². The van der Waals surface area contributed by atoms with Crippen LogP contribution in [-0.4, -0.2) is 24.0 Å². The predicted octanol–water partition coefficient (Wildman–Crippen LogP) is 1.36. The van der Waals surface area contributed by atoms with Gasteiger partial charge in [0.25, 0.3) is 0 Å². The first kappa shape index (κ1) is 9.06. The highest BCUT2D eigenvalue weighted by molar-refractivity contribution is 6.00. The second kappa shape index (κ2) is 3.33. The minimum Gasteiger partial charge on any atom is -0.507 e. The van der Waals surface area contributed by atoms with Gasteiger partial charge in [-0.3, -0.25) is 4.99 Å². The van der Waals surface area contributed by atoms with Crippen molar-refractivity contribution < 1.29 is 5.11 Å². The molecular weight excluding hydrogens is 176 g/mol. The monoisotopic (exact) mass is 190 g/mol. The van der Waals surface area contributed by atoms with E-state index in [9.17, 15) is 5.11 Å². The van der Waals surface area contributed by atoms with Crippen molar-refractivity contribution in [2.24, 2.45) is 4.99 Å². The van der Waals surface area contributed by atoms with Crippen LogP contribution in [0.3, 0.4) is 0 Å². The van der Waals surface area contributed by atoms with Gasteiger partial charge >= 0.3 is 0 Å². The van der Waals surface area contributed by atoms with Gasteiger partial charge in [0, 0.05) is 12.1 Å². The first-order valence-corrected chi connectivity index (χ1v) is 4.77. The molecule has 0 amide bonds. The summed E-state index contributed by atoms with van der Waals surface area (Å²) in [7, 11) is 0. The van der Waals surface area contributed by atoms with Crippen LogP contribution in [0.4, 0.5) is 0 Å². The van der Waals surface area contributed by atoms with Gasteiger partial charge in [0.2, 0.25) is 0 Å². The lowest BCUT2D eigenvalue weighted by Crippen LogP contribution is -2.19. The summed E-state index contributed by atoms with van der Waals surface area (Å²) in [6, 6.07) is 3.92. The fraction of sp³-hybridized carbons (Fsp3) is 0.364. The van der Waals surface area contributed by atoms with Gasteiger partial charge in [0.1, 0.15) is 11.6 Å². The largest absolute Gasteiger partial charge is 0.507 e. The number of nitrogens with zero attached hydrogens (tertiary/aromatic N) is 1. The van der Waals surface area contributed by atoms with E-state index >= 15 is 0 Å². The molecule has 14 heavy (non-hydrogen) atoms. The summed E-state index contributed by atoms with van der Waals surface area (Å²) in [6.07, 6.45) is 0. The number of aliphatic imine (C=N–C) groups is 1. The third kappa shape index (κ3) is 1.45. The van der Waals surface area contributed by atoms with Crippen molar-refractivity contribution in [3.8, 4) is 5.75 Å². The lowest BCUT2D eigenvalue weighted by atomic mass is 10.1. The number of hydrogen-bond donors (Lipinski definition) is 2. The Labute approximate surface area is 83.5 Å². The highest BCUT2D eigenvalue weighted by Gasteiger charge is 2.10. The summed E-state index contributed by atoms with van der Waals surface area (Å²) in [5, 5.41) is 12.8. The number of aryl methyl sites for hydroxylation is 2. The molecule has 0 bridgehead atoms. The zero-order valence-electron chi connectivity index (χ0n) is 8.46. The number of rotatable bonds is 1. The van der Waals surface area contributed by atoms with E-state index in [1.54, 1.807) is 0 Å². The summed E-state index contributed by atoms with van der Waals surface area (Å²) in [6.45, 7) is 5.56. The maximum Gasteiger partial charge on any atom is 0.128 e. The van der Waals surface area contributed by atoms with Gasteiger partial charge in [-0.15, -0.1) is 0 Å². The molecule has 1 aromatic carbocycles. The number of phenolic OH excluding ortho intramolecular Hbond substituents is 1. The molecule has 1 aliphatic rings. The standard InChI is InChI=1S/C11H14N2O/c1-7-5-9(6-8(2)10(7)14)11-12-3-4-13-11/h5-6,14H,3-4H2,1-2H3,(H,12,13). The molecule has 0 saturated heterocycles. The van der Waals surface area contributed by atoms with Gasteiger partial charge in [0.05, 0.1) is 6.54 Å². The average molecular weight is 190 g/mol. The van der Waals surface area contributed by atoms with Crippen LogP contribution in [0.1, 0.15) is 16.7 Å². The maximum atomic E-state index is 9.61. The molecule has 0 aliphatic carbocycles. The Bertz CT molecular complexity index is 373. The quantitative estimate of drug-likeness (QED) is 0.702. The molecule has 3 heteroatoms. The smallest absolute Gasteiger partial charge is 0.128 e. The summed E-state index contributed by atoms with van der Waals surface area (Å²) in [5.74, 6) is 1.32. The summed E-state index contributed by atoms with van der Waals surface area (Å²) in [4.78, 5) is 4.34. The van der Waals surface area contributed by atoms with E-state index in [-0.39, 0.29) is 0 Å². The Balaban J connectivity index is 2.45. The van der Waals surface area contributed by atoms with E-state index in [2.05, 4.69) is 10.3 Å². The third-order valence-corrected chi connectivity index (χ3v) is 2.44. The van der Waals surface area contributed by atoms with Gasteiger partial charge < -0.3 is 10.4 Å². The van der Waals surface area contributed by atoms with Gasteiger partial charge in [0.15, 0.2) is 0 Å². The number of aromatic hydroxyl groups is 1. The van der Waals surface area contributed by atoms with E-state index in [0.29, 0.717) is 5.75 Å². The maximum absolute atomic E-state index is 9.61. The van der Waals surface area contributed by atoms with Crippen molar-refractivity contribution in [2.45, 2.75) is 13.8 Å². The minimum atomic E-state index is 0.382. The molecule has 0 radical (unpaired) electrons. The summed E-state index contributed by atoms with van der Waals surface area (Å²) < 4.78 is 0. The third-order valence-electron chi connectivity index (χ3n) is 2.44. The number of hydrogen-bond acceptors (Lipinski definition) is 3. The van der Waals surface area contributed by atoms with E-state index < -0.39 is 0 Å². The Morgan fingerprint density at radius 2 is 1.93 bits per heavy atom. The van der Waals surface area contributed by atoms with Gasteiger partial charge in [-0.05, 0) is 37.1 Å². The Kier molecular flexibility index (Phi) is 2.15.